The van der Waals surface area contributed by atoms with E-state index in [2.05, 4.69) is 9.82 Å². The van der Waals surface area contributed by atoms with Crippen molar-refractivity contribution in [2.75, 3.05) is 13.1 Å². The monoisotopic (exact) mass is 268 g/mol. The van der Waals surface area contributed by atoms with Gasteiger partial charge in [-0.1, -0.05) is 6.92 Å². The van der Waals surface area contributed by atoms with E-state index in [-0.39, 0.29) is 23.2 Å². The molecular weight excluding hydrogens is 252 g/mol. The molecule has 0 aliphatic rings. The van der Waals surface area contributed by atoms with E-state index in [1.165, 1.54) is 17.1 Å². The van der Waals surface area contributed by atoms with Crippen LogP contribution in [0.15, 0.2) is 17.3 Å². The van der Waals surface area contributed by atoms with E-state index in [0.717, 1.165) is 0 Å². The van der Waals surface area contributed by atoms with Gasteiger partial charge in [-0.25, -0.2) is 13.1 Å². The number of nitrogens with two attached hydrogens (primary N) is 1. The molecule has 3 N–H and O–H groups in total. The second-order valence-corrected chi connectivity index (χ2v) is 5.31. The average Bonchev–Trinajstić information content (AvgIpc) is 2.62. The van der Waals surface area contributed by atoms with Crippen molar-refractivity contribution < 1.29 is 8.42 Å². The van der Waals surface area contributed by atoms with Gasteiger partial charge in [-0.05, 0) is 12.5 Å². The number of sulfonamides is 1. The summed E-state index contributed by atoms with van der Waals surface area (Å²) in [4.78, 5) is 0.175. The lowest BCUT2D eigenvalue weighted by Gasteiger charge is -2.09. The number of rotatable bonds is 5. The normalized spacial score (nSPS) is 13.2. The van der Waals surface area contributed by atoms with Gasteiger partial charge in [0.15, 0.2) is 0 Å². The number of nitrogens with zero attached hydrogens (tertiary/aromatic N) is 2. The summed E-state index contributed by atoms with van der Waals surface area (Å²) in [6.45, 7) is 2.68. The molecule has 0 aromatic carbocycles. The third kappa shape index (κ3) is 4.09. The standard InChI is InChI=1S/C8H16N4O2S.ClH/c1-7(3-9)4-11-15(13,14)8-5-10-12(2)6-8;/h5-7,11H,3-4,9H2,1-2H3;1H. The van der Waals surface area contributed by atoms with E-state index < -0.39 is 10.0 Å². The molecule has 0 bridgehead atoms. The lowest BCUT2D eigenvalue weighted by atomic mass is 10.2. The van der Waals surface area contributed by atoms with Crippen LogP contribution < -0.4 is 10.5 Å². The first-order valence-electron chi connectivity index (χ1n) is 4.64. The Morgan fingerprint density at radius 3 is 2.69 bits per heavy atom. The predicted molar refractivity (Wildman–Crippen MR) is 63.9 cm³/mol. The van der Waals surface area contributed by atoms with Crippen LogP contribution in [0.25, 0.3) is 0 Å². The highest BCUT2D eigenvalue weighted by molar-refractivity contribution is 7.89. The van der Waals surface area contributed by atoms with E-state index >= 15 is 0 Å². The molecule has 1 rings (SSSR count). The molecule has 1 atom stereocenters. The van der Waals surface area contributed by atoms with Crippen LogP contribution in [0.3, 0.4) is 0 Å². The average molecular weight is 269 g/mol. The molecule has 0 fully saturated rings. The molecule has 0 radical (unpaired) electrons. The van der Waals surface area contributed by atoms with Crippen molar-refractivity contribution in [2.24, 2.45) is 18.7 Å². The van der Waals surface area contributed by atoms with Gasteiger partial charge < -0.3 is 5.73 Å². The number of halogens is 1. The van der Waals surface area contributed by atoms with Gasteiger partial charge in [0.1, 0.15) is 4.90 Å². The molecule has 0 amide bonds. The summed E-state index contributed by atoms with van der Waals surface area (Å²) in [6, 6.07) is 0. The van der Waals surface area contributed by atoms with Crippen molar-refractivity contribution in [3.05, 3.63) is 12.4 Å². The molecular formula is C8H17ClN4O2S. The lowest BCUT2D eigenvalue weighted by Crippen LogP contribution is -2.31. The number of aromatic nitrogens is 2. The van der Waals surface area contributed by atoms with Crippen molar-refractivity contribution in [1.82, 2.24) is 14.5 Å². The van der Waals surface area contributed by atoms with E-state index in [1.54, 1.807) is 7.05 Å². The summed E-state index contributed by atoms with van der Waals surface area (Å²) < 4.78 is 27.2. The number of nitrogens with one attached hydrogen (secondary N) is 1. The Kier molecular flexibility index (Phi) is 5.95. The summed E-state index contributed by atoms with van der Waals surface area (Å²) in [5.74, 6) is 0.122. The fraction of sp³-hybridized carbons (Fsp3) is 0.625. The SMILES string of the molecule is CC(CN)CNS(=O)(=O)c1cnn(C)c1.Cl. The molecule has 8 heteroatoms. The van der Waals surface area contributed by atoms with Crippen LogP contribution in [0.1, 0.15) is 6.92 Å². The van der Waals surface area contributed by atoms with Gasteiger partial charge in [-0.2, -0.15) is 5.10 Å². The van der Waals surface area contributed by atoms with E-state index in [4.69, 9.17) is 5.73 Å². The predicted octanol–water partition coefficient (Wildman–Crippen LogP) is -0.285. The third-order valence-corrected chi connectivity index (χ3v) is 3.39. The van der Waals surface area contributed by atoms with Gasteiger partial charge in [0, 0.05) is 19.8 Å². The minimum atomic E-state index is -3.43. The molecule has 1 heterocycles. The van der Waals surface area contributed by atoms with Crippen LogP contribution in [0.5, 0.6) is 0 Å². The third-order valence-electron chi connectivity index (χ3n) is 2.02. The van der Waals surface area contributed by atoms with Crippen molar-refractivity contribution in [2.45, 2.75) is 11.8 Å². The van der Waals surface area contributed by atoms with Crippen LogP contribution in [-0.2, 0) is 17.1 Å². The van der Waals surface area contributed by atoms with Crippen LogP contribution in [0.2, 0.25) is 0 Å². The van der Waals surface area contributed by atoms with E-state index in [0.29, 0.717) is 13.1 Å². The Morgan fingerprint density at radius 2 is 2.25 bits per heavy atom. The van der Waals surface area contributed by atoms with Crippen LogP contribution in [-0.4, -0.2) is 31.3 Å². The molecule has 1 aromatic rings. The van der Waals surface area contributed by atoms with Crippen LogP contribution in [0, 0.1) is 5.92 Å². The van der Waals surface area contributed by atoms with Crippen molar-refractivity contribution in [1.29, 1.82) is 0 Å². The van der Waals surface area contributed by atoms with Gasteiger partial charge in [0.2, 0.25) is 10.0 Å². The maximum atomic E-state index is 11.7. The Balaban J connectivity index is 0.00000225. The molecule has 16 heavy (non-hydrogen) atoms. The van der Waals surface area contributed by atoms with Gasteiger partial charge in [0.25, 0.3) is 0 Å². The number of hydrogen-bond acceptors (Lipinski definition) is 4. The maximum Gasteiger partial charge on any atom is 0.243 e. The van der Waals surface area contributed by atoms with Gasteiger partial charge in [0.05, 0.1) is 6.20 Å². The Hall–Kier alpha value is -0.630. The van der Waals surface area contributed by atoms with Gasteiger partial charge in [-0.15, -0.1) is 12.4 Å². The van der Waals surface area contributed by atoms with Gasteiger partial charge >= 0.3 is 0 Å². The van der Waals surface area contributed by atoms with E-state index in [1.807, 2.05) is 6.92 Å². The first kappa shape index (κ1) is 15.4. The van der Waals surface area contributed by atoms with Crippen molar-refractivity contribution in [3.63, 3.8) is 0 Å². The smallest absolute Gasteiger partial charge is 0.243 e. The second-order valence-electron chi connectivity index (χ2n) is 3.54. The highest BCUT2D eigenvalue weighted by Gasteiger charge is 2.16. The summed E-state index contributed by atoms with van der Waals surface area (Å²) in [6.07, 6.45) is 2.77. The zero-order valence-corrected chi connectivity index (χ0v) is 10.9. The molecule has 0 aliphatic heterocycles. The summed E-state index contributed by atoms with van der Waals surface area (Å²) >= 11 is 0. The molecule has 1 unspecified atom stereocenters. The largest absolute Gasteiger partial charge is 0.330 e. The zero-order valence-electron chi connectivity index (χ0n) is 9.25. The topological polar surface area (TPSA) is 90.0 Å². The Labute approximate surface area is 102 Å². The number of hydrogen-bond donors (Lipinski definition) is 2. The van der Waals surface area contributed by atoms with E-state index in [9.17, 15) is 8.42 Å². The minimum absolute atomic E-state index is 0. The fourth-order valence-electron chi connectivity index (χ4n) is 0.956. The van der Waals surface area contributed by atoms with Crippen molar-refractivity contribution >= 4 is 22.4 Å². The maximum absolute atomic E-state index is 11.7. The molecule has 0 saturated heterocycles. The molecule has 0 aliphatic carbocycles. The second kappa shape index (κ2) is 6.19. The first-order chi connectivity index (χ1) is 6.95. The van der Waals surface area contributed by atoms with Crippen LogP contribution >= 0.6 is 12.4 Å². The quantitative estimate of drug-likeness (QED) is 0.768. The fourth-order valence-corrected chi connectivity index (χ4v) is 2.10. The summed E-state index contributed by atoms with van der Waals surface area (Å²) in [7, 11) is -1.77. The first-order valence-corrected chi connectivity index (χ1v) is 6.12. The highest BCUT2D eigenvalue weighted by atomic mass is 35.5. The molecule has 6 nitrogen and oxygen atoms in total. The Morgan fingerprint density at radius 1 is 1.62 bits per heavy atom. The summed E-state index contributed by atoms with van der Waals surface area (Å²) in [5, 5.41) is 3.80. The molecule has 94 valence electrons. The van der Waals surface area contributed by atoms with Crippen LogP contribution in [0.4, 0.5) is 0 Å². The Bertz CT molecular complexity index is 417. The number of aryl methyl sites for hydroxylation is 1. The highest BCUT2D eigenvalue weighted by Crippen LogP contribution is 2.06. The lowest BCUT2D eigenvalue weighted by molar-refractivity contribution is 0.545. The summed E-state index contributed by atoms with van der Waals surface area (Å²) in [5.41, 5.74) is 5.39. The molecule has 0 spiro atoms. The molecule has 0 saturated carbocycles. The zero-order chi connectivity index (χ0) is 11.5. The van der Waals surface area contributed by atoms with Gasteiger partial charge in [-0.3, -0.25) is 4.68 Å². The molecule has 1 aromatic heterocycles. The minimum Gasteiger partial charge on any atom is -0.330 e. The van der Waals surface area contributed by atoms with Crippen molar-refractivity contribution in [3.8, 4) is 0 Å².